The molecule has 0 bridgehead atoms. The number of hydrogen-bond acceptors (Lipinski definition) is 8. The smallest absolute Gasteiger partial charge is 0.421 e. The molecule has 6 rings (SSSR count). The Morgan fingerprint density at radius 1 is 1.04 bits per heavy atom. The van der Waals surface area contributed by atoms with Gasteiger partial charge in [-0.1, -0.05) is 46.3 Å². The molecule has 2 amide bonds. The molecule has 0 unspecified atom stereocenters. The summed E-state index contributed by atoms with van der Waals surface area (Å²) in [5.41, 5.74) is -1.59. The molecule has 2 aliphatic heterocycles. The second-order valence-corrected chi connectivity index (χ2v) is 13.6. The van der Waals surface area contributed by atoms with Gasteiger partial charge in [0.05, 0.1) is 35.1 Å². The van der Waals surface area contributed by atoms with Gasteiger partial charge < -0.3 is 14.2 Å². The third-order valence-corrected chi connectivity index (χ3v) is 9.31. The fourth-order valence-electron chi connectivity index (χ4n) is 7.14. The Morgan fingerprint density at radius 2 is 1.74 bits per heavy atom. The number of esters is 1. The van der Waals surface area contributed by atoms with Crippen molar-refractivity contribution in [1.82, 2.24) is 0 Å². The van der Waals surface area contributed by atoms with Gasteiger partial charge in [-0.05, 0) is 81.6 Å². The number of fused-ring (bicyclic) bond motifs is 4. The van der Waals surface area contributed by atoms with Crippen molar-refractivity contribution in [2.75, 3.05) is 11.5 Å². The van der Waals surface area contributed by atoms with E-state index in [2.05, 4.69) is 15.9 Å². The van der Waals surface area contributed by atoms with E-state index in [-0.39, 0.29) is 30.0 Å². The number of halogens is 2. The van der Waals surface area contributed by atoms with Gasteiger partial charge in [-0.3, -0.25) is 14.4 Å². The van der Waals surface area contributed by atoms with Crippen molar-refractivity contribution in [1.29, 1.82) is 0 Å². The summed E-state index contributed by atoms with van der Waals surface area (Å²) in [5.74, 6) is -7.67. The lowest BCUT2D eigenvalue weighted by atomic mass is 9.51. The van der Waals surface area contributed by atoms with Gasteiger partial charge in [0.25, 0.3) is 0 Å². The number of amides is 2. The summed E-state index contributed by atoms with van der Waals surface area (Å²) in [6.07, 6.45) is -2.34. The highest BCUT2D eigenvalue weighted by Gasteiger charge is 2.68. The molecule has 3 aliphatic rings. The van der Waals surface area contributed by atoms with Crippen molar-refractivity contribution in [3.63, 3.8) is 0 Å². The third kappa shape index (κ3) is 5.01. The Balaban J connectivity index is 1.64. The first-order valence-corrected chi connectivity index (χ1v) is 15.7. The number of Topliss-reactive ketones (excluding diaryl/α,β-unsaturated/α-hetero) is 2. The fraction of sp³-hybridized carbons (Fsp3) is 0.343. The number of ether oxygens (including phenoxy) is 3. The Kier molecular flexibility index (Phi) is 7.87. The number of anilines is 1. The first-order valence-electron chi connectivity index (χ1n) is 14.9. The van der Waals surface area contributed by atoms with Crippen molar-refractivity contribution >= 4 is 51.2 Å². The first kappa shape index (κ1) is 31.6. The van der Waals surface area contributed by atoms with Crippen LogP contribution in [-0.4, -0.2) is 47.8 Å². The molecular weight excluding hydrogens is 661 g/mol. The fourth-order valence-corrected chi connectivity index (χ4v) is 7.40. The van der Waals surface area contributed by atoms with E-state index in [4.69, 9.17) is 14.2 Å². The number of carbonyl (C=O) groups is 5. The predicted octanol–water partition coefficient (Wildman–Crippen LogP) is 6.30. The molecule has 3 aromatic carbocycles. The Morgan fingerprint density at radius 3 is 2.41 bits per heavy atom. The second-order valence-electron chi connectivity index (χ2n) is 12.6. The van der Waals surface area contributed by atoms with Crippen molar-refractivity contribution in [2.45, 2.75) is 57.2 Å². The van der Waals surface area contributed by atoms with Crippen LogP contribution in [0.2, 0.25) is 0 Å². The normalized spacial score (nSPS) is 24.9. The van der Waals surface area contributed by atoms with Crippen molar-refractivity contribution in [2.24, 2.45) is 11.8 Å². The van der Waals surface area contributed by atoms with Crippen LogP contribution in [-0.2, 0) is 29.3 Å². The van der Waals surface area contributed by atoms with E-state index in [1.54, 1.807) is 76.2 Å². The van der Waals surface area contributed by atoms with Crippen molar-refractivity contribution in [3.05, 3.63) is 93.7 Å². The molecule has 1 saturated carbocycles. The zero-order valence-electron chi connectivity index (χ0n) is 25.5. The molecule has 0 aromatic heterocycles. The monoisotopic (exact) mass is 691 g/mol. The maximum Gasteiger partial charge on any atom is 0.421 e. The average molecular weight is 693 g/mol. The average Bonchev–Trinajstić information content (AvgIpc) is 3.24. The summed E-state index contributed by atoms with van der Waals surface area (Å²) >= 11 is 3.44. The van der Waals surface area contributed by atoms with Crippen LogP contribution in [0.15, 0.2) is 71.2 Å². The molecule has 0 N–H and O–H groups in total. The molecule has 9 nitrogen and oxygen atoms in total. The van der Waals surface area contributed by atoms with E-state index < -0.39 is 70.2 Å². The highest BCUT2D eigenvalue weighted by molar-refractivity contribution is 9.10. The standard InChI is InChI=1S/C35H31BrFNO8/c1-5-44-31(41)29(40)26-27(18-10-12-19(36)13-11-18)35(17-22-28(39)21-16-20(37)14-15-25(21)45-30(22)26)23-8-6-7-9-24(23)38(32(35)42)33(43)46-34(2,3)4/h6-16,22,26-27,30H,5,17H2,1-4H3/t22-,26+,27-,30-,35-/m0/s1. The summed E-state index contributed by atoms with van der Waals surface area (Å²) in [7, 11) is 0. The number of benzene rings is 3. The van der Waals surface area contributed by atoms with Gasteiger partial charge in [-0.25, -0.2) is 18.9 Å². The van der Waals surface area contributed by atoms with Gasteiger partial charge in [0, 0.05) is 10.4 Å². The molecule has 1 fully saturated rings. The maximum atomic E-state index is 15.0. The maximum absolute atomic E-state index is 15.0. The first-order chi connectivity index (χ1) is 21.8. The second kappa shape index (κ2) is 11.5. The van der Waals surface area contributed by atoms with Crippen LogP contribution in [0.1, 0.15) is 61.5 Å². The quantitative estimate of drug-likeness (QED) is 0.231. The van der Waals surface area contributed by atoms with Crippen LogP contribution in [0.3, 0.4) is 0 Å². The van der Waals surface area contributed by atoms with Gasteiger partial charge in [-0.15, -0.1) is 0 Å². The SMILES string of the molecule is CCOC(=O)C(=O)[C@@H]1[C@H]2Oc3ccc(F)cc3C(=O)[C@@H]2C[C@@]2(C(=O)N(C(=O)OC(C)(C)C)c3ccccc32)[C@H]1c1ccc(Br)cc1. The van der Waals surface area contributed by atoms with E-state index in [1.807, 2.05) is 0 Å². The lowest BCUT2D eigenvalue weighted by molar-refractivity contribution is -0.160. The largest absolute Gasteiger partial charge is 0.488 e. The van der Waals surface area contributed by atoms with Crippen LogP contribution < -0.4 is 9.64 Å². The number of carbonyl (C=O) groups excluding carboxylic acids is 5. The minimum atomic E-state index is -1.72. The number of nitrogens with zero attached hydrogens (tertiary/aromatic N) is 1. The molecule has 1 spiro atoms. The van der Waals surface area contributed by atoms with Crippen LogP contribution in [0.25, 0.3) is 0 Å². The molecule has 0 saturated heterocycles. The molecule has 2 heterocycles. The lowest BCUT2D eigenvalue weighted by Crippen LogP contribution is -2.62. The highest BCUT2D eigenvalue weighted by atomic mass is 79.9. The summed E-state index contributed by atoms with van der Waals surface area (Å²) in [4.78, 5) is 71.4. The summed E-state index contributed by atoms with van der Waals surface area (Å²) in [5, 5.41) is 0. The van der Waals surface area contributed by atoms with E-state index in [9.17, 15) is 23.6 Å². The molecule has 5 atom stereocenters. The van der Waals surface area contributed by atoms with Crippen molar-refractivity contribution < 1.29 is 42.6 Å². The molecule has 46 heavy (non-hydrogen) atoms. The van der Waals surface area contributed by atoms with Crippen LogP contribution >= 0.6 is 15.9 Å². The minimum absolute atomic E-state index is 0.0384. The van der Waals surface area contributed by atoms with E-state index in [0.29, 0.717) is 11.1 Å². The minimum Gasteiger partial charge on any atom is -0.488 e. The molecule has 11 heteroatoms. The van der Waals surface area contributed by atoms with Crippen LogP contribution in [0.4, 0.5) is 14.9 Å². The van der Waals surface area contributed by atoms with Crippen LogP contribution in [0, 0.1) is 17.7 Å². The Bertz CT molecular complexity index is 1780. The zero-order chi connectivity index (χ0) is 33.1. The van der Waals surface area contributed by atoms with Gasteiger partial charge in [0.15, 0.2) is 5.78 Å². The van der Waals surface area contributed by atoms with E-state index in [1.165, 1.54) is 6.07 Å². The number of imide groups is 1. The Labute approximate surface area is 273 Å². The number of hydrogen-bond donors (Lipinski definition) is 0. The number of rotatable bonds is 4. The molecule has 1 aliphatic carbocycles. The zero-order valence-corrected chi connectivity index (χ0v) is 27.1. The topological polar surface area (TPSA) is 116 Å². The third-order valence-electron chi connectivity index (χ3n) is 8.78. The Hall–Kier alpha value is -4.38. The lowest BCUT2D eigenvalue weighted by Gasteiger charge is -2.51. The van der Waals surface area contributed by atoms with Gasteiger partial charge in [0.1, 0.15) is 23.3 Å². The number of para-hydroxylation sites is 1. The van der Waals surface area contributed by atoms with Crippen LogP contribution in [0.5, 0.6) is 5.75 Å². The molecule has 3 aromatic rings. The molecule has 0 radical (unpaired) electrons. The molecular formula is C35H31BrFNO8. The van der Waals surface area contributed by atoms with E-state index >= 15 is 4.79 Å². The van der Waals surface area contributed by atoms with Gasteiger partial charge in [-0.2, -0.15) is 0 Å². The molecule has 238 valence electrons. The van der Waals surface area contributed by atoms with E-state index in [0.717, 1.165) is 21.5 Å². The van der Waals surface area contributed by atoms with Crippen molar-refractivity contribution in [3.8, 4) is 5.75 Å². The van der Waals surface area contributed by atoms with Gasteiger partial charge in [0.2, 0.25) is 11.7 Å². The summed E-state index contributed by atoms with van der Waals surface area (Å²) < 4.78 is 32.3. The number of ketones is 2. The predicted molar refractivity (Wildman–Crippen MR) is 167 cm³/mol. The van der Waals surface area contributed by atoms with Gasteiger partial charge >= 0.3 is 12.1 Å². The summed E-state index contributed by atoms with van der Waals surface area (Å²) in [6, 6.07) is 17.1. The highest BCUT2D eigenvalue weighted by Crippen LogP contribution is 2.61. The summed E-state index contributed by atoms with van der Waals surface area (Å²) in [6.45, 7) is 6.49.